The number of piperazine rings is 1. The number of hydrogen-bond acceptors (Lipinski definition) is 3. The maximum atomic E-state index is 12.5. The van der Waals surface area contributed by atoms with Crippen molar-refractivity contribution >= 4 is 35.8 Å². The topological polar surface area (TPSA) is 64.9 Å². The van der Waals surface area contributed by atoms with E-state index in [9.17, 15) is 4.79 Å². The SMILES string of the molecule is CN=C(NCCN1CCN(C(=O)C2CCCC2)CC1)NCCn1cccc1.I. The Morgan fingerprint density at radius 1 is 1.00 bits per heavy atom. The van der Waals surface area contributed by atoms with Gasteiger partial charge in [0.2, 0.25) is 5.91 Å². The minimum Gasteiger partial charge on any atom is -0.355 e. The molecule has 1 aromatic rings. The summed E-state index contributed by atoms with van der Waals surface area (Å²) in [6.07, 6.45) is 8.77. The molecule has 0 unspecified atom stereocenters. The largest absolute Gasteiger partial charge is 0.355 e. The van der Waals surface area contributed by atoms with Crippen molar-refractivity contribution in [3.05, 3.63) is 24.5 Å². The Labute approximate surface area is 185 Å². The van der Waals surface area contributed by atoms with Crippen LogP contribution in [0.2, 0.25) is 0 Å². The van der Waals surface area contributed by atoms with Crippen molar-refractivity contribution in [1.29, 1.82) is 0 Å². The van der Waals surface area contributed by atoms with Gasteiger partial charge in [0, 0.05) is 77.7 Å². The summed E-state index contributed by atoms with van der Waals surface area (Å²) in [5.41, 5.74) is 0. The van der Waals surface area contributed by atoms with Gasteiger partial charge in [-0.1, -0.05) is 12.8 Å². The summed E-state index contributed by atoms with van der Waals surface area (Å²) >= 11 is 0. The van der Waals surface area contributed by atoms with E-state index in [1.54, 1.807) is 7.05 Å². The summed E-state index contributed by atoms with van der Waals surface area (Å²) in [4.78, 5) is 21.3. The minimum absolute atomic E-state index is 0. The van der Waals surface area contributed by atoms with E-state index in [1.165, 1.54) is 12.8 Å². The number of nitrogens with one attached hydrogen (secondary N) is 2. The lowest BCUT2D eigenvalue weighted by molar-refractivity contribution is -0.137. The van der Waals surface area contributed by atoms with Crippen LogP contribution >= 0.6 is 24.0 Å². The maximum Gasteiger partial charge on any atom is 0.225 e. The molecule has 1 saturated heterocycles. The average Bonchev–Trinajstić information content (AvgIpc) is 3.41. The van der Waals surface area contributed by atoms with Gasteiger partial charge >= 0.3 is 0 Å². The molecular formula is C20H35IN6O. The highest BCUT2D eigenvalue weighted by atomic mass is 127. The normalized spacial score (nSPS) is 18.8. The lowest BCUT2D eigenvalue weighted by Crippen LogP contribution is -2.52. The predicted molar refractivity (Wildman–Crippen MR) is 124 cm³/mol. The molecule has 1 saturated carbocycles. The highest BCUT2D eigenvalue weighted by Crippen LogP contribution is 2.26. The van der Waals surface area contributed by atoms with Gasteiger partial charge in [-0.15, -0.1) is 24.0 Å². The van der Waals surface area contributed by atoms with Crippen LogP contribution in [-0.2, 0) is 11.3 Å². The number of aromatic nitrogens is 1. The zero-order valence-corrected chi connectivity index (χ0v) is 19.3. The second kappa shape index (κ2) is 12.3. The second-order valence-corrected chi connectivity index (χ2v) is 7.49. The maximum absolute atomic E-state index is 12.5. The van der Waals surface area contributed by atoms with E-state index >= 15 is 0 Å². The number of rotatable bonds is 7. The van der Waals surface area contributed by atoms with E-state index in [2.05, 4.69) is 42.4 Å². The van der Waals surface area contributed by atoms with E-state index in [-0.39, 0.29) is 24.0 Å². The molecule has 0 radical (unpaired) electrons. The van der Waals surface area contributed by atoms with Gasteiger partial charge in [0.25, 0.3) is 0 Å². The average molecular weight is 502 g/mol. The third-order valence-electron chi connectivity index (χ3n) is 5.66. The smallest absolute Gasteiger partial charge is 0.225 e. The van der Waals surface area contributed by atoms with E-state index in [4.69, 9.17) is 0 Å². The van der Waals surface area contributed by atoms with Crippen LogP contribution in [0.25, 0.3) is 0 Å². The van der Waals surface area contributed by atoms with Crippen LogP contribution in [0, 0.1) is 5.92 Å². The predicted octanol–water partition coefficient (Wildman–Crippen LogP) is 1.61. The van der Waals surface area contributed by atoms with E-state index in [0.717, 1.165) is 71.2 Å². The molecule has 2 fully saturated rings. The molecule has 2 heterocycles. The molecule has 0 bridgehead atoms. The molecule has 1 aliphatic carbocycles. The summed E-state index contributed by atoms with van der Waals surface area (Å²) in [7, 11) is 1.80. The number of carbonyl (C=O) groups is 1. The Balaban J connectivity index is 0.00000280. The fourth-order valence-electron chi connectivity index (χ4n) is 4.00. The molecule has 7 nitrogen and oxygen atoms in total. The van der Waals surface area contributed by atoms with Gasteiger partial charge in [0.15, 0.2) is 5.96 Å². The first-order valence-electron chi connectivity index (χ1n) is 10.3. The highest BCUT2D eigenvalue weighted by Gasteiger charge is 2.29. The summed E-state index contributed by atoms with van der Waals surface area (Å²) in [6.45, 7) is 7.29. The first-order valence-corrected chi connectivity index (χ1v) is 10.3. The third kappa shape index (κ3) is 6.95. The molecule has 1 amide bonds. The summed E-state index contributed by atoms with van der Waals surface area (Å²) in [5, 5.41) is 6.73. The van der Waals surface area contributed by atoms with Gasteiger partial charge in [-0.3, -0.25) is 14.7 Å². The standard InChI is InChI=1S/C20H34N6O.HI/c1-21-20(22-8-12-24-10-4-5-11-24)23-9-13-25-14-16-26(17-15-25)19(27)18-6-2-3-7-18;/h4-5,10-11,18H,2-3,6-9,12-17H2,1H3,(H2,21,22,23);1H. The van der Waals surface area contributed by atoms with Crippen molar-refractivity contribution in [3.63, 3.8) is 0 Å². The monoisotopic (exact) mass is 502 g/mol. The molecule has 0 spiro atoms. The Bertz CT molecular complexity index is 592. The van der Waals surface area contributed by atoms with Crippen molar-refractivity contribution in [1.82, 2.24) is 25.0 Å². The van der Waals surface area contributed by atoms with E-state index < -0.39 is 0 Å². The number of aliphatic imine (C=N–C) groups is 1. The first-order chi connectivity index (χ1) is 13.3. The summed E-state index contributed by atoms with van der Waals surface area (Å²) < 4.78 is 2.15. The molecular weight excluding hydrogens is 467 g/mol. The van der Waals surface area contributed by atoms with Crippen LogP contribution < -0.4 is 10.6 Å². The van der Waals surface area contributed by atoms with Gasteiger partial charge in [-0.05, 0) is 25.0 Å². The van der Waals surface area contributed by atoms with Gasteiger partial charge in [0.05, 0.1) is 0 Å². The number of halogens is 1. The zero-order chi connectivity index (χ0) is 18.9. The second-order valence-electron chi connectivity index (χ2n) is 7.49. The number of guanidine groups is 1. The van der Waals surface area contributed by atoms with Crippen molar-refractivity contribution in [3.8, 4) is 0 Å². The van der Waals surface area contributed by atoms with Crippen LogP contribution in [0.3, 0.4) is 0 Å². The van der Waals surface area contributed by atoms with Gasteiger partial charge in [-0.2, -0.15) is 0 Å². The fraction of sp³-hybridized carbons (Fsp3) is 0.700. The van der Waals surface area contributed by atoms with Crippen molar-refractivity contribution < 1.29 is 4.79 Å². The van der Waals surface area contributed by atoms with Crippen LogP contribution in [0.5, 0.6) is 0 Å². The van der Waals surface area contributed by atoms with Crippen molar-refractivity contribution in [2.75, 3.05) is 52.9 Å². The Kier molecular flexibility index (Phi) is 10.1. The number of hydrogen-bond donors (Lipinski definition) is 2. The van der Waals surface area contributed by atoms with Crippen LogP contribution in [0.4, 0.5) is 0 Å². The first kappa shape index (κ1) is 23.0. The molecule has 1 aromatic heterocycles. The quantitative estimate of drug-likeness (QED) is 0.338. The Hall–Kier alpha value is -1.29. The number of nitrogens with zero attached hydrogens (tertiary/aromatic N) is 4. The lowest BCUT2D eigenvalue weighted by Gasteiger charge is -2.36. The van der Waals surface area contributed by atoms with Crippen LogP contribution in [0.1, 0.15) is 25.7 Å². The fourth-order valence-corrected chi connectivity index (χ4v) is 4.00. The Morgan fingerprint density at radius 3 is 2.21 bits per heavy atom. The van der Waals surface area contributed by atoms with Crippen molar-refractivity contribution in [2.24, 2.45) is 10.9 Å². The van der Waals surface area contributed by atoms with E-state index in [1.807, 2.05) is 12.1 Å². The molecule has 158 valence electrons. The molecule has 2 N–H and O–H groups in total. The van der Waals surface area contributed by atoms with Gasteiger partial charge in [0.1, 0.15) is 0 Å². The number of carbonyl (C=O) groups excluding carboxylic acids is 1. The van der Waals surface area contributed by atoms with Crippen LogP contribution in [0.15, 0.2) is 29.5 Å². The molecule has 8 heteroatoms. The summed E-state index contributed by atoms with van der Waals surface area (Å²) in [6, 6.07) is 4.07. The minimum atomic E-state index is 0. The number of amides is 1. The van der Waals surface area contributed by atoms with Crippen LogP contribution in [-0.4, -0.2) is 79.1 Å². The van der Waals surface area contributed by atoms with Gasteiger partial charge < -0.3 is 20.1 Å². The lowest BCUT2D eigenvalue weighted by atomic mass is 10.1. The van der Waals surface area contributed by atoms with E-state index in [0.29, 0.717) is 11.8 Å². The highest BCUT2D eigenvalue weighted by molar-refractivity contribution is 14.0. The third-order valence-corrected chi connectivity index (χ3v) is 5.66. The molecule has 0 aromatic carbocycles. The zero-order valence-electron chi connectivity index (χ0n) is 17.0. The molecule has 3 rings (SSSR count). The molecule has 2 aliphatic rings. The summed E-state index contributed by atoms with van der Waals surface area (Å²) in [5.74, 6) is 1.55. The molecule has 1 aliphatic heterocycles. The van der Waals surface area contributed by atoms with Crippen molar-refractivity contribution in [2.45, 2.75) is 32.2 Å². The van der Waals surface area contributed by atoms with Gasteiger partial charge in [-0.25, -0.2) is 0 Å². The molecule has 0 atom stereocenters. The molecule has 28 heavy (non-hydrogen) atoms. The Morgan fingerprint density at radius 2 is 1.61 bits per heavy atom.